The Hall–Kier alpha value is -0.970. The summed E-state index contributed by atoms with van der Waals surface area (Å²) < 4.78 is 18.7. The molecule has 0 amide bonds. The van der Waals surface area contributed by atoms with E-state index in [1.165, 1.54) is 12.1 Å². The summed E-state index contributed by atoms with van der Waals surface area (Å²) in [7, 11) is 1.68. The molecular weight excluding hydrogens is 207 g/mol. The summed E-state index contributed by atoms with van der Waals surface area (Å²) in [5.74, 6) is 5.33. The van der Waals surface area contributed by atoms with Gasteiger partial charge in [-0.2, -0.15) is 0 Å². The van der Waals surface area contributed by atoms with E-state index in [1.807, 2.05) is 6.07 Å². The summed E-state index contributed by atoms with van der Waals surface area (Å²) in [5.41, 5.74) is 3.31. The SMILES string of the molecule is COC1(C(NN)c2cccc(F)c2)CCC1. The van der Waals surface area contributed by atoms with Crippen LogP contribution in [-0.4, -0.2) is 12.7 Å². The van der Waals surface area contributed by atoms with Gasteiger partial charge in [0.25, 0.3) is 0 Å². The van der Waals surface area contributed by atoms with Crippen LogP contribution in [0.1, 0.15) is 30.9 Å². The molecule has 3 N–H and O–H groups in total. The van der Waals surface area contributed by atoms with E-state index in [4.69, 9.17) is 10.6 Å². The fourth-order valence-electron chi connectivity index (χ4n) is 2.37. The molecule has 1 saturated carbocycles. The van der Waals surface area contributed by atoms with Gasteiger partial charge in [-0.1, -0.05) is 12.1 Å². The molecule has 88 valence electrons. The zero-order valence-electron chi connectivity index (χ0n) is 9.37. The Labute approximate surface area is 94.8 Å². The second-order valence-corrected chi connectivity index (χ2v) is 4.28. The van der Waals surface area contributed by atoms with Gasteiger partial charge in [-0.15, -0.1) is 0 Å². The number of rotatable bonds is 4. The predicted octanol–water partition coefficient (Wildman–Crippen LogP) is 1.90. The second kappa shape index (κ2) is 4.49. The summed E-state index contributed by atoms with van der Waals surface area (Å²) in [4.78, 5) is 0. The topological polar surface area (TPSA) is 47.3 Å². The molecule has 0 spiro atoms. The van der Waals surface area contributed by atoms with Gasteiger partial charge in [-0.05, 0) is 37.0 Å². The van der Waals surface area contributed by atoms with Crippen molar-refractivity contribution in [2.24, 2.45) is 5.84 Å². The van der Waals surface area contributed by atoms with Crippen molar-refractivity contribution in [3.05, 3.63) is 35.6 Å². The molecule has 3 nitrogen and oxygen atoms in total. The quantitative estimate of drug-likeness (QED) is 0.606. The van der Waals surface area contributed by atoms with Crippen molar-refractivity contribution >= 4 is 0 Å². The van der Waals surface area contributed by atoms with Gasteiger partial charge in [0.15, 0.2) is 0 Å². The summed E-state index contributed by atoms with van der Waals surface area (Å²) in [6.07, 6.45) is 3.03. The van der Waals surface area contributed by atoms with Gasteiger partial charge >= 0.3 is 0 Å². The number of ether oxygens (including phenoxy) is 1. The number of hydrogen-bond acceptors (Lipinski definition) is 3. The molecule has 1 aliphatic rings. The van der Waals surface area contributed by atoms with Crippen LogP contribution in [0.25, 0.3) is 0 Å². The van der Waals surface area contributed by atoms with Crippen molar-refractivity contribution < 1.29 is 9.13 Å². The Bertz CT molecular complexity index is 360. The van der Waals surface area contributed by atoms with Crippen LogP contribution in [0.5, 0.6) is 0 Å². The van der Waals surface area contributed by atoms with Crippen molar-refractivity contribution in [2.45, 2.75) is 30.9 Å². The van der Waals surface area contributed by atoms with Gasteiger partial charge in [0.05, 0.1) is 11.6 Å². The molecule has 1 aliphatic carbocycles. The van der Waals surface area contributed by atoms with E-state index in [2.05, 4.69) is 5.43 Å². The van der Waals surface area contributed by atoms with Gasteiger partial charge in [-0.25, -0.2) is 4.39 Å². The van der Waals surface area contributed by atoms with Crippen LogP contribution in [0.15, 0.2) is 24.3 Å². The molecule has 1 fully saturated rings. The van der Waals surface area contributed by atoms with E-state index >= 15 is 0 Å². The molecule has 1 aromatic rings. The molecule has 0 saturated heterocycles. The normalized spacial score (nSPS) is 20.2. The van der Waals surface area contributed by atoms with E-state index in [-0.39, 0.29) is 17.5 Å². The maximum atomic E-state index is 13.2. The number of nitrogens with two attached hydrogens (primary N) is 1. The first-order chi connectivity index (χ1) is 7.72. The first kappa shape index (κ1) is 11.5. The third-order valence-corrected chi connectivity index (χ3v) is 3.48. The maximum Gasteiger partial charge on any atom is 0.123 e. The lowest BCUT2D eigenvalue weighted by molar-refractivity contribution is -0.0999. The molecule has 1 aromatic carbocycles. The maximum absolute atomic E-state index is 13.2. The molecule has 0 radical (unpaired) electrons. The minimum Gasteiger partial charge on any atom is -0.376 e. The third-order valence-electron chi connectivity index (χ3n) is 3.48. The highest BCUT2D eigenvalue weighted by Crippen LogP contribution is 2.44. The molecule has 0 bridgehead atoms. The number of methoxy groups -OCH3 is 1. The number of halogens is 1. The van der Waals surface area contributed by atoms with Crippen molar-refractivity contribution in [3.8, 4) is 0 Å². The average Bonchev–Trinajstić information content (AvgIpc) is 2.23. The molecule has 0 heterocycles. The van der Waals surface area contributed by atoms with Crippen LogP contribution in [0.4, 0.5) is 4.39 Å². The predicted molar refractivity (Wildman–Crippen MR) is 60.1 cm³/mol. The third kappa shape index (κ3) is 1.84. The zero-order valence-corrected chi connectivity index (χ0v) is 9.37. The van der Waals surface area contributed by atoms with Crippen molar-refractivity contribution in [2.75, 3.05) is 7.11 Å². The van der Waals surface area contributed by atoms with Crippen LogP contribution in [0, 0.1) is 5.82 Å². The van der Waals surface area contributed by atoms with Crippen molar-refractivity contribution in [3.63, 3.8) is 0 Å². The fourth-order valence-corrected chi connectivity index (χ4v) is 2.37. The minimum absolute atomic E-state index is 0.151. The van der Waals surface area contributed by atoms with E-state index in [9.17, 15) is 4.39 Å². The molecule has 16 heavy (non-hydrogen) atoms. The van der Waals surface area contributed by atoms with Crippen molar-refractivity contribution in [1.29, 1.82) is 0 Å². The highest BCUT2D eigenvalue weighted by molar-refractivity contribution is 5.24. The first-order valence-corrected chi connectivity index (χ1v) is 5.48. The monoisotopic (exact) mass is 224 g/mol. The second-order valence-electron chi connectivity index (χ2n) is 4.28. The minimum atomic E-state index is -0.275. The highest BCUT2D eigenvalue weighted by atomic mass is 19.1. The molecular formula is C12H17FN2O. The van der Waals surface area contributed by atoms with E-state index in [0.29, 0.717) is 0 Å². The summed E-state index contributed by atoms with van der Waals surface area (Å²) in [5, 5.41) is 0. The Morgan fingerprint density at radius 2 is 2.25 bits per heavy atom. The lowest BCUT2D eigenvalue weighted by atomic mass is 9.72. The standard InChI is InChI=1S/C12H17FN2O/c1-16-12(6-3-7-12)11(15-14)9-4-2-5-10(13)8-9/h2,4-5,8,11,15H,3,6-7,14H2,1H3. The average molecular weight is 224 g/mol. The van der Waals surface area contributed by atoms with Crippen molar-refractivity contribution in [1.82, 2.24) is 5.43 Å². The fraction of sp³-hybridized carbons (Fsp3) is 0.500. The van der Waals surface area contributed by atoms with Gasteiger partial charge in [-0.3, -0.25) is 11.3 Å². The Balaban J connectivity index is 2.28. The van der Waals surface area contributed by atoms with Gasteiger partial charge < -0.3 is 4.74 Å². The van der Waals surface area contributed by atoms with Crippen LogP contribution >= 0.6 is 0 Å². The lowest BCUT2D eigenvalue weighted by Crippen LogP contribution is -2.52. The van der Waals surface area contributed by atoms with E-state index in [1.54, 1.807) is 13.2 Å². The zero-order chi connectivity index (χ0) is 11.6. The Morgan fingerprint density at radius 3 is 2.69 bits per heavy atom. The molecule has 1 atom stereocenters. The van der Waals surface area contributed by atoms with Gasteiger partial charge in [0.2, 0.25) is 0 Å². The number of hydrazine groups is 1. The van der Waals surface area contributed by atoms with E-state index in [0.717, 1.165) is 24.8 Å². The summed E-state index contributed by atoms with van der Waals surface area (Å²) >= 11 is 0. The highest BCUT2D eigenvalue weighted by Gasteiger charge is 2.44. The summed E-state index contributed by atoms with van der Waals surface area (Å²) in [6, 6.07) is 6.34. The number of benzene rings is 1. The van der Waals surface area contributed by atoms with Gasteiger partial charge in [0, 0.05) is 7.11 Å². The van der Waals surface area contributed by atoms with Crippen LogP contribution in [-0.2, 0) is 4.74 Å². The molecule has 4 heteroatoms. The molecule has 1 unspecified atom stereocenters. The Kier molecular flexibility index (Phi) is 3.23. The molecule has 0 aromatic heterocycles. The van der Waals surface area contributed by atoms with Gasteiger partial charge in [0.1, 0.15) is 5.82 Å². The first-order valence-electron chi connectivity index (χ1n) is 5.48. The lowest BCUT2D eigenvalue weighted by Gasteiger charge is -2.46. The Morgan fingerprint density at radius 1 is 1.50 bits per heavy atom. The molecule has 2 rings (SSSR count). The van der Waals surface area contributed by atoms with Crippen LogP contribution < -0.4 is 11.3 Å². The van der Waals surface area contributed by atoms with Crippen LogP contribution in [0.3, 0.4) is 0 Å². The molecule has 0 aliphatic heterocycles. The smallest absolute Gasteiger partial charge is 0.123 e. The largest absolute Gasteiger partial charge is 0.376 e. The van der Waals surface area contributed by atoms with E-state index < -0.39 is 0 Å². The number of nitrogens with one attached hydrogen (secondary N) is 1. The number of hydrogen-bond donors (Lipinski definition) is 2. The summed E-state index contributed by atoms with van der Waals surface area (Å²) in [6.45, 7) is 0. The van der Waals surface area contributed by atoms with Crippen LogP contribution in [0.2, 0.25) is 0 Å².